The van der Waals surface area contributed by atoms with Gasteiger partial charge in [-0.05, 0) is 37.5 Å². The Hall–Kier alpha value is -2.94. The van der Waals surface area contributed by atoms with Gasteiger partial charge in [0.2, 0.25) is 0 Å². The molecule has 1 aromatic heterocycles. The highest BCUT2D eigenvalue weighted by Gasteiger charge is 2.33. The summed E-state index contributed by atoms with van der Waals surface area (Å²) in [7, 11) is 0. The molecule has 0 aliphatic rings. The summed E-state index contributed by atoms with van der Waals surface area (Å²) in [4.78, 5) is 28.0. The number of hydrogen-bond donors (Lipinski definition) is 1. The van der Waals surface area contributed by atoms with Gasteiger partial charge >= 0.3 is 0 Å². The zero-order valence-electron chi connectivity index (χ0n) is 16.3. The van der Waals surface area contributed by atoms with Gasteiger partial charge in [-0.2, -0.15) is 10.4 Å². The monoisotopic (exact) mass is 366 g/mol. The highest BCUT2D eigenvalue weighted by Crippen LogP contribution is 2.20. The fourth-order valence-electron chi connectivity index (χ4n) is 3.07. The molecular weight excluding hydrogens is 340 g/mol. The SMILES string of the molecule is CCCCN(C(=O)c1cc(C)n[nH]1)C(C(=O)c1ccc(C#N)cc1)C(C)C. The summed E-state index contributed by atoms with van der Waals surface area (Å²) in [5, 5.41) is 15.8. The van der Waals surface area contributed by atoms with Gasteiger partial charge in [-0.25, -0.2) is 0 Å². The summed E-state index contributed by atoms with van der Waals surface area (Å²) < 4.78 is 0. The van der Waals surface area contributed by atoms with Gasteiger partial charge in [-0.1, -0.05) is 39.3 Å². The summed E-state index contributed by atoms with van der Waals surface area (Å²) in [6.07, 6.45) is 1.73. The first-order valence-corrected chi connectivity index (χ1v) is 9.26. The number of benzene rings is 1. The second kappa shape index (κ2) is 9.13. The molecule has 2 aromatic rings. The largest absolute Gasteiger partial charge is 0.327 e. The average Bonchev–Trinajstić information content (AvgIpc) is 3.10. The van der Waals surface area contributed by atoms with Crippen molar-refractivity contribution in [2.75, 3.05) is 6.54 Å². The van der Waals surface area contributed by atoms with Crippen LogP contribution < -0.4 is 0 Å². The highest BCUT2D eigenvalue weighted by molar-refractivity contribution is 6.04. The minimum Gasteiger partial charge on any atom is -0.327 e. The van der Waals surface area contributed by atoms with E-state index >= 15 is 0 Å². The Kier molecular flexibility index (Phi) is 6.89. The molecule has 6 heteroatoms. The van der Waals surface area contributed by atoms with Gasteiger partial charge in [0.05, 0.1) is 23.4 Å². The third kappa shape index (κ3) is 4.82. The van der Waals surface area contributed by atoms with Crippen LogP contribution in [0.3, 0.4) is 0 Å². The average molecular weight is 366 g/mol. The third-order valence-corrected chi connectivity index (χ3v) is 4.48. The first-order chi connectivity index (χ1) is 12.9. The number of Topliss-reactive ketones (excluding diaryl/α,β-unsaturated/α-hetero) is 1. The molecule has 0 spiro atoms. The lowest BCUT2D eigenvalue weighted by atomic mass is 9.92. The smallest absolute Gasteiger partial charge is 0.272 e. The number of hydrogen-bond acceptors (Lipinski definition) is 4. The number of carbonyl (C=O) groups is 2. The summed E-state index contributed by atoms with van der Waals surface area (Å²) in [6, 6.07) is 9.72. The molecule has 1 amide bonds. The lowest BCUT2D eigenvalue weighted by Crippen LogP contribution is -2.48. The highest BCUT2D eigenvalue weighted by atomic mass is 16.2. The molecule has 0 fully saturated rings. The van der Waals surface area contributed by atoms with Gasteiger partial charge in [0.1, 0.15) is 5.69 Å². The second-order valence-electron chi connectivity index (χ2n) is 7.02. The molecule has 142 valence electrons. The minimum atomic E-state index is -0.583. The molecular formula is C21H26N4O2. The van der Waals surface area contributed by atoms with Crippen molar-refractivity contribution in [1.82, 2.24) is 15.1 Å². The molecule has 1 unspecified atom stereocenters. The van der Waals surface area contributed by atoms with Crippen LogP contribution in [0.15, 0.2) is 30.3 Å². The van der Waals surface area contributed by atoms with Gasteiger partial charge < -0.3 is 4.90 Å². The van der Waals surface area contributed by atoms with E-state index < -0.39 is 6.04 Å². The van der Waals surface area contributed by atoms with E-state index in [2.05, 4.69) is 23.2 Å². The maximum absolute atomic E-state index is 13.2. The fourth-order valence-corrected chi connectivity index (χ4v) is 3.07. The number of ketones is 1. The molecule has 1 N–H and O–H groups in total. The number of unbranched alkanes of at least 4 members (excludes halogenated alkanes) is 1. The van der Waals surface area contributed by atoms with E-state index in [1.807, 2.05) is 20.8 Å². The van der Waals surface area contributed by atoms with Gasteiger partial charge in [-0.3, -0.25) is 14.7 Å². The summed E-state index contributed by atoms with van der Waals surface area (Å²) in [5.41, 5.74) is 2.12. The number of aryl methyl sites for hydroxylation is 1. The van der Waals surface area contributed by atoms with Gasteiger partial charge in [-0.15, -0.1) is 0 Å². The number of nitrogens with zero attached hydrogens (tertiary/aromatic N) is 3. The molecule has 1 aromatic carbocycles. The maximum Gasteiger partial charge on any atom is 0.272 e. The van der Waals surface area contributed by atoms with Crippen molar-refractivity contribution < 1.29 is 9.59 Å². The predicted molar refractivity (Wildman–Crippen MR) is 103 cm³/mol. The molecule has 0 radical (unpaired) electrons. The Morgan fingerprint density at radius 1 is 1.26 bits per heavy atom. The number of nitriles is 1. The van der Waals surface area contributed by atoms with Crippen molar-refractivity contribution >= 4 is 11.7 Å². The first kappa shape index (κ1) is 20.4. The van der Waals surface area contributed by atoms with Crippen LogP contribution in [0, 0.1) is 24.2 Å². The van der Waals surface area contributed by atoms with Crippen LogP contribution in [0.4, 0.5) is 0 Å². The summed E-state index contributed by atoms with van der Waals surface area (Å²) >= 11 is 0. The number of nitrogens with one attached hydrogen (secondary N) is 1. The van der Waals surface area contributed by atoms with E-state index in [-0.39, 0.29) is 17.6 Å². The molecule has 27 heavy (non-hydrogen) atoms. The van der Waals surface area contributed by atoms with Crippen LogP contribution in [-0.2, 0) is 0 Å². The number of aromatic amines is 1. The second-order valence-corrected chi connectivity index (χ2v) is 7.02. The van der Waals surface area contributed by atoms with Gasteiger partial charge in [0.25, 0.3) is 5.91 Å². The molecule has 0 saturated carbocycles. The minimum absolute atomic E-state index is 0.0574. The lowest BCUT2D eigenvalue weighted by molar-refractivity contribution is 0.0546. The van der Waals surface area contributed by atoms with Gasteiger partial charge in [0.15, 0.2) is 5.78 Å². The Labute approximate surface area is 160 Å². The van der Waals surface area contributed by atoms with Crippen molar-refractivity contribution in [3.05, 3.63) is 52.8 Å². The Balaban J connectivity index is 2.38. The first-order valence-electron chi connectivity index (χ1n) is 9.26. The lowest BCUT2D eigenvalue weighted by Gasteiger charge is -2.33. The standard InChI is InChI=1S/C21H26N4O2/c1-5-6-11-25(21(27)18-12-15(4)23-24-18)19(14(2)3)20(26)17-9-7-16(13-22)8-10-17/h7-10,12,14,19H,5-6,11H2,1-4H3,(H,23,24). The third-order valence-electron chi connectivity index (χ3n) is 4.48. The molecule has 0 saturated heterocycles. The fraction of sp³-hybridized carbons (Fsp3) is 0.429. The van der Waals surface area contributed by atoms with Crippen LogP contribution in [0.1, 0.15) is 65.7 Å². The van der Waals surface area contributed by atoms with E-state index in [4.69, 9.17) is 5.26 Å². The van der Waals surface area contributed by atoms with Crippen molar-refractivity contribution in [2.24, 2.45) is 5.92 Å². The van der Waals surface area contributed by atoms with Crippen LogP contribution in [0.25, 0.3) is 0 Å². The zero-order valence-corrected chi connectivity index (χ0v) is 16.3. The van der Waals surface area contributed by atoms with Crippen molar-refractivity contribution in [3.8, 4) is 6.07 Å². The Morgan fingerprint density at radius 3 is 2.41 bits per heavy atom. The number of H-pyrrole nitrogens is 1. The molecule has 0 aliphatic heterocycles. The van der Waals surface area contributed by atoms with Crippen LogP contribution in [0.2, 0.25) is 0 Å². The maximum atomic E-state index is 13.2. The number of rotatable bonds is 8. The molecule has 1 atom stereocenters. The molecule has 2 rings (SSSR count). The van der Waals surface area contributed by atoms with Crippen molar-refractivity contribution in [1.29, 1.82) is 5.26 Å². The molecule has 0 aliphatic carbocycles. The quantitative estimate of drug-likeness (QED) is 0.721. The van der Waals surface area contributed by atoms with Crippen molar-refractivity contribution in [2.45, 2.75) is 46.6 Å². The van der Waals surface area contributed by atoms with E-state index in [9.17, 15) is 9.59 Å². The molecule has 6 nitrogen and oxygen atoms in total. The van der Waals surface area contributed by atoms with Crippen molar-refractivity contribution in [3.63, 3.8) is 0 Å². The summed E-state index contributed by atoms with van der Waals surface area (Å²) in [6.45, 7) is 8.24. The predicted octanol–water partition coefficient (Wildman–Crippen LogP) is 3.74. The molecule has 0 bridgehead atoms. The topological polar surface area (TPSA) is 89.8 Å². The van der Waals surface area contributed by atoms with Crippen LogP contribution in [0.5, 0.6) is 0 Å². The van der Waals surface area contributed by atoms with Crippen LogP contribution in [-0.4, -0.2) is 39.4 Å². The summed E-state index contributed by atoms with van der Waals surface area (Å²) in [5.74, 6) is -0.391. The Bertz CT molecular complexity index is 831. The van der Waals surface area contributed by atoms with E-state index in [1.165, 1.54) is 0 Å². The van der Waals surface area contributed by atoms with Gasteiger partial charge in [0, 0.05) is 12.1 Å². The van der Waals surface area contributed by atoms with E-state index in [0.29, 0.717) is 23.4 Å². The number of carbonyl (C=O) groups excluding carboxylic acids is 2. The zero-order chi connectivity index (χ0) is 20.0. The normalized spacial score (nSPS) is 11.9. The molecule has 1 heterocycles. The van der Waals surface area contributed by atoms with E-state index in [1.54, 1.807) is 35.2 Å². The number of aromatic nitrogens is 2. The Morgan fingerprint density at radius 2 is 1.93 bits per heavy atom. The number of amides is 1. The van der Waals surface area contributed by atoms with Crippen LogP contribution >= 0.6 is 0 Å². The van der Waals surface area contributed by atoms with E-state index in [0.717, 1.165) is 18.5 Å².